The first-order valence-electron chi connectivity index (χ1n) is 4.78. The lowest BCUT2D eigenvalue weighted by molar-refractivity contribution is 1.23. The van der Waals surface area contributed by atoms with Crippen LogP contribution in [0.5, 0.6) is 0 Å². The van der Waals surface area contributed by atoms with E-state index in [1.54, 1.807) is 0 Å². The van der Waals surface area contributed by atoms with Crippen molar-refractivity contribution in [1.82, 2.24) is 0 Å². The molecule has 13 heavy (non-hydrogen) atoms. The molecule has 1 aromatic rings. The molecule has 0 heterocycles. The molecule has 0 heteroatoms. The van der Waals surface area contributed by atoms with Gasteiger partial charge in [0, 0.05) is 0 Å². The highest BCUT2D eigenvalue weighted by Crippen LogP contribution is 2.22. The minimum absolute atomic E-state index is 1.39. The minimum atomic E-state index is 1.39. The van der Waals surface area contributed by atoms with Gasteiger partial charge in [0.15, 0.2) is 0 Å². The van der Waals surface area contributed by atoms with E-state index in [0.717, 1.165) is 0 Å². The van der Waals surface area contributed by atoms with Crippen LogP contribution in [0.3, 0.4) is 0 Å². The van der Waals surface area contributed by atoms with Gasteiger partial charge in [-0.05, 0) is 62.4 Å². The molecule has 70 valence electrons. The fraction of sp³-hybridized carbons (Fsp3) is 0.385. The first-order chi connectivity index (χ1) is 6.07. The molecule has 0 saturated heterocycles. The highest BCUT2D eigenvalue weighted by atomic mass is 14.1. The van der Waals surface area contributed by atoms with Crippen molar-refractivity contribution in [3.63, 3.8) is 0 Å². The summed E-state index contributed by atoms with van der Waals surface area (Å²) in [5.41, 5.74) is 6.97. The average molecular weight is 174 g/mol. The Bertz CT molecular complexity index is 317. The van der Waals surface area contributed by atoms with Gasteiger partial charge in [0.2, 0.25) is 0 Å². The molecule has 0 radical (unpaired) electrons. The van der Waals surface area contributed by atoms with Gasteiger partial charge in [-0.15, -0.1) is 0 Å². The molecule has 0 spiro atoms. The van der Waals surface area contributed by atoms with Crippen molar-refractivity contribution in [3.8, 4) is 0 Å². The molecule has 0 unspecified atom stereocenters. The van der Waals surface area contributed by atoms with Crippen molar-refractivity contribution in [3.05, 3.63) is 40.0 Å². The summed E-state index contributed by atoms with van der Waals surface area (Å²) in [6.07, 6.45) is 4.30. The zero-order valence-corrected chi connectivity index (χ0v) is 9.23. The smallest absolute Gasteiger partial charge is 0.0196 e. The predicted molar refractivity (Wildman–Crippen MR) is 60.1 cm³/mol. The highest BCUT2D eigenvalue weighted by Gasteiger charge is 2.04. The normalized spacial score (nSPS) is 11.2. The molecule has 0 N–H and O–H groups in total. The van der Waals surface area contributed by atoms with E-state index < -0.39 is 0 Å². The van der Waals surface area contributed by atoms with Crippen molar-refractivity contribution >= 4 is 6.08 Å². The molecule has 0 aliphatic heterocycles. The summed E-state index contributed by atoms with van der Waals surface area (Å²) in [6.45, 7) is 10.8. The number of allylic oxidation sites excluding steroid dienone is 1. The van der Waals surface area contributed by atoms with E-state index in [2.05, 4.69) is 52.8 Å². The zero-order valence-electron chi connectivity index (χ0n) is 9.23. The Morgan fingerprint density at radius 3 is 1.77 bits per heavy atom. The van der Waals surface area contributed by atoms with Gasteiger partial charge >= 0.3 is 0 Å². The van der Waals surface area contributed by atoms with Crippen LogP contribution in [0.2, 0.25) is 0 Å². The van der Waals surface area contributed by atoms with E-state index >= 15 is 0 Å². The van der Waals surface area contributed by atoms with Gasteiger partial charge in [0.1, 0.15) is 0 Å². The molecule has 0 aliphatic rings. The molecule has 0 aromatic heterocycles. The van der Waals surface area contributed by atoms with Crippen LogP contribution in [0.15, 0.2) is 12.1 Å². The lowest BCUT2D eigenvalue weighted by atomic mass is 9.94. The maximum absolute atomic E-state index is 2.26. The molecule has 0 atom stereocenters. The van der Waals surface area contributed by atoms with Gasteiger partial charge in [0.25, 0.3) is 0 Å². The molecule has 0 bridgehead atoms. The van der Waals surface area contributed by atoms with Crippen LogP contribution >= 0.6 is 0 Å². The van der Waals surface area contributed by atoms with E-state index in [1.807, 2.05) is 0 Å². The monoisotopic (exact) mass is 174 g/mol. The molecular formula is C13H18. The van der Waals surface area contributed by atoms with E-state index in [1.165, 1.54) is 27.8 Å². The Balaban J connectivity index is 3.46. The Labute approximate surface area is 81.3 Å². The quantitative estimate of drug-likeness (QED) is 0.604. The van der Waals surface area contributed by atoms with Crippen molar-refractivity contribution < 1.29 is 0 Å². The molecular weight excluding hydrogens is 156 g/mol. The SMILES string of the molecule is CC=Cc1c(C)c(C)cc(C)c1C. The van der Waals surface area contributed by atoms with Gasteiger partial charge in [-0.2, -0.15) is 0 Å². The number of rotatable bonds is 1. The second-order valence-corrected chi connectivity index (χ2v) is 3.67. The van der Waals surface area contributed by atoms with Gasteiger partial charge in [0.05, 0.1) is 0 Å². The summed E-state index contributed by atoms with van der Waals surface area (Å²) in [4.78, 5) is 0. The van der Waals surface area contributed by atoms with Crippen LogP contribution in [-0.2, 0) is 0 Å². The van der Waals surface area contributed by atoms with Gasteiger partial charge in [-0.1, -0.05) is 18.2 Å². The lowest BCUT2D eigenvalue weighted by Gasteiger charge is -2.11. The van der Waals surface area contributed by atoms with Gasteiger partial charge in [-0.3, -0.25) is 0 Å². The summed E-state index contributed by atoms with van der Waals surface area (Å²) in [6, 6.07) is 2.26. The van der Waals surface area contributed by atoms with Crippen molar-refractivity contribution in [2.75, 3.05) is 0 Å². The molecule has 0 fully saturated rings. The van der Waals surface area contributed by atoms with Crippen LogP contribution in [0.4, 0.5) is 0 Å². The molecule has 0 amide bonds. The first kappa shape index (κ1) is 10.0. The second-order valence-electron chi connectivity index (χ2n) is 3.67. The summed E-state index contributed by atoms with van der Waals surface area (Å²) < 4.78 is 0. The van der Waals surface area contributed by atoms with Crippen LogP contribution in [0, 0.1) is 27.7 Å². The van der Waals surface area contributed by atoms with Crippen LogP contribution in [0.1, 0.15) is 34.7 Å². The van der Waals surface area contributed by atoms with E-state index in [0.29, 0.717) is 0 Å². The van der Waals surface area contributed by atoms with E-state index in [9.17, 15) is 0 Å². The predicted octanol–water partition coefficient (Wildman–Crippen LogP) is 3.95. The number of hydrogen-bond acceptors (Lipinski definition) is 0. The standard InChI is InChI=1S/C13H18/c1-6-7-13-11(4)9(2)8-10(3)12(13)5/h6-8H,1-5H3. The zero-order chi connectivity index (χ0) is 10.0. The third-order valence-electron chi connectivity index (χ3n) is 2.76. The van der Waals surface area contributed by atoms with Gasteiger partial charge < -0.3 is 0 Å². The van der Waals surface area contributed by atoms with Crippen LogP contribution < -0.4 is 0 Å². The maximum atomic E-state index is 2.26. The van der Waals surface area contributed by atoms with Crippen molar-refractivity contribution in [2.24, 2.45) is 0 Å². The number of hydrogen-bond donors (Lipinski definition) is 0. The highest BCUT2D eigenvalue weighted by molar-refractivity contribution is 5.61. The molecule has 1 aromatic carbocycles. The Morgan fingerprint density at radius 1 is 0.923 bits per heavy atom. The second kappa shape index (κ2) is 3.78. The largest absolute Gasteiger partial charge is 0.0870 e. The summed E-state index contributed by atoms with van der Waals surface area (Å²) >= 11 is 0. The summed E-state index contributed by atoms with van der Waals surface area (Å²) in [5.74, 6) is 0. The molecule has 0 nitrogen and oxygen atoms in total. The Kier molecular flexibility index (Phi) is 2.92. The Morgan fingerprint density at radius 2 is 1.38 bits per heavy atom. The number of benzene rings is 1. The van der Waals surface area contributed by atoms with E-state index in [4.69, 9.17) is 0 Å². The minimum Gasteiger partial charge on any atom is -0.0870 e. The third-order valence-corrected chi connectivity index (χ3v) is 2.76. The average Bonchev–Trinajstić information content (AvgIpc) is 2.09. The lowest BCUT2D eigenvalue weighted by Crippen LogP contribution is -1.93. The summed E-state index contributed by atoms with van der Waals surface area (Å²) in [7, 11) is 0. The molecule has 0 aliphatic carbocycles. The van der Waals surface area contributed by atoms with Crippen molar-refractivity contribution in [1.29, 1.82) is 0 Å². The van der Waals surface area contributed by atoms with E-state index in [-0.39, 0.29) is 0 Å². The topological polar surface area (TPSA) is 0 Å². The molecule has 1 rings (SSSR count). The van der Waals surface area contributed by atoms with Gasteiger partial charge in [-0.25, -0.2) is 0 Å². The summed E-state index contributed by atoms with van der Waals surface area (Å²) in [5, 5.41) is 0. The van der Waals surface area contributed by atoms with Crippen LogP contribution in [-0.4, -0.2) is 0 Å². The fourth-order valence-electron chi connectivity index (χ4n) is 1.66. The van der Waals surface area contributed by atoms with Crippen molar-refractivity contribution in [2.45, 2.75) is 34.6 Å². The fourth-order valence-corrected chi connectivity index (χ4v) is 1.66. The maximum Gasteiger partial charge on any atom is -0.0196 e. The molecule has 0 saturated carbocycles. The Hall–Kier alpha value is -1.04. The van der Waals surface area contributed by atoms with Crippen LogP contribution in [0.25, 0.3) is 6.08 Å². The third kappa shape index (κ3) is 1.82. The number of aryl methyl sites for hydroxylation is 2. The first-order valence-corrected chi connectivity index (χ1v) is 4.78.